The summed E-state index contributed by atoms with van der Waals surface area (Å²) < 4.78 is 68.0. The molecule has 0 unspecified atom stereocenters. The molecule has 2 N–H and O–H groups in total. The first-order valence-corrected chi connectivity index (χ1v) is 7.22. The fraction of sp³-hybridized carbons (Fsp3) is 0.714. The summed E-state index contributed by atoms with van der Waals surface area (Å²) in [7, 11) is 0. The number of hydrogen-bond acceptors (Lipinski definition) is 2. The molecule has 1 heterocycles. The van der Waals surface area contributed by atoms with E-state index in [0.29, 0.717) is 0 Å². The lowest BCUT2D eigenvalue weighted by Crippen LogP contribution is -2.47. The summed E-state index contributed by atoms with van der Waals surface area (Å²) in [5.74, 6) is -3.99. The van der Waals surface area contributed by atoms with Gasteiger partial charge in [-0.1, -0.05) is 6.92 Å². The van der Waals surface area contributed by atoms with Crippen LogP contribution in [0, 0.1) is 5.41 Å². The zero-order chi connectivity index (χ0) is 17.2. The Kier molecular flexibility index (Phi) is 3.29. The van der Waals surface area contributed by atoms with E-state index in [2.05, 4.69) is 5.10 Å². The van der Waals surface area contributed by atoms with E-state index in [-0.39, 0.29) is 19.4 Å². The molecular formula is C14H16F5N3O. The van der Waals surface area contributed by atoms with Crippen LogP contribution in [0.25, 0.3) is 0 Å². The summed E-state index contributed by atoms with van der Waals surface area (Å²) in [6.45, 7) is 1.36. The molecule has 0 aliphatic heterocycles. The third kappa shape index (κ3) is 2.70. The number of carbonyl (C=O) groups excluding carboxylic acids is 1. The molecule has 2 saturated carbocycles. The van der Waals surface area contributed by atoms with Crippen molar-refractivity contribution < 1.29 is 26.7 Å². The average molecular weight is 337 g/mol. The minimum atomic E-state index is -3.12. The topological polar surface area (TPSA) is 60.9 Å². The van der Waals surface area contributed by atoms with Crippen molar-refractivity contribution in [3.05, 3.63) is 17.0 Å². The van der Waals surface area contributed by atoms with Crippen molar-refractivity contribution in [2.45, 2.75) is 57.2 Å². The van der Waals surface area contributed by atoms with E-state index in [4.69, 9.17) is 5.73 Å². The zero-order valence-electron chi connectivity index (χ0n) is 12.4. The van der Waals surface area contributed by atoms with Gasteiger partial charge in [-0.05, 0) is 18.3 Å². The Bertz CT molecular complexity index is 658. The van der Waals surface area contributed by atoms with Crippen LogP contribution >= 0.6 is 0 Å². The van der Waals surface area contributed by atoms with E-state index in [1.54, 1.807) is 6.92 Å². The Morgan fingerprint density at radius 3 is 2.26 bits per heavy atom. The minimum absolute atomic E-state index is 0.0390. The predicted octanol–water partition coefficient (Wildman–Crippen LogP) is 3.31. The molecule has 1 aromatic rings. The second-order valence-corrected chi connectivity index (χ2v) is 6.92. The fourth-order valence-electron chi connectivity index (χ4n) is 3.40. The number of nitrogens with two attached hydrogens (primary N) is 1. The molecule has 9 heteroatoms. The molecule has 128 valence electrons. The molecule has 0 spiro atoms. The first kappa shape index (κ1) is 16.2. The second kappa shape index (κ2) is 4.67. The number of primary amides is 1. The maximum Gasteiger partial charge on any atom is 0.268 e. The van der Waals surface area contributed by atoms with Crippen LogP contribution < -0.4 is 5.73 Å². The molecule has 1 amide bonds. The zero-order valence-corrected chi connectivity index (χ0v) is 12.4. The van der Waals surface area contributed by atoms with Crippen LogP contribution in [0.1, 0.15) is 60.8 Å². The standard InChI is InChI=1S/C14H16F5N3O/c1-12(4-14(18,19)5-12)6-22-8(11(20)23)7(10(15)16)9(21-22)13(17)2-3-13/h10H,2-6H2,1H3,(H2,20,23). The highest BCUT2D eigenvalue weighted by atomic mass is 19.3. The summed E-state index contributed by atoms with van der Waals surface area (Å²) in [5.41, 5.74) is 0.388. The summed E-state index contributed by atoms with van der Waals surface area (Å²) in [6, 6.07) is 0. The molecule has 2 aliphatic carbocycles. The molecule has 3 rings (SSSR count). The van der Waals surface area contributed by atoms with Gasteiger partial charge < -0.3 is 5.73 Å². The number of alkyl halides is 5. The Labute approximate surface area is 128 Å². The van der Waals surface area contributed by atoms with Crippen LogP contribution in [0.4, 0.5) is 22.0 Å². The molecule has 2 fully saturated rings. The fourth-order valence-corrected chi connectivity index (χ4v) is 3.40. The first-order chi connectivity index (χ1) is 10.5. The lowest BCUT2D eigenvalue weighted by Gasteiger charge is -2.44. The SMILES string of the molecule is CC1(Cn2nc(C3(F)CC3)c(C(F)F)c2C(N)=O)CC(F)(F)C1. The molecule has 0 bridgehead atoms. The van der Waals surface area contributed by atoms with Gasteiger partial charge in [0.1, 0.15) is 11.4 Å². The van der Waals surface area contributed by atoms with E-state index in [1.807, 2.05) is 0 Å². The predicted molar refractivity (Wildman–Crippen MR) is 70.0 cm³/mol. The van der Waals surface area contributed by atoms with E-state index in [9.17, 15) is 26.7 Å². The van der Waals surface area contributed by atoms with Crippen molar-refractivity contribution in [3.8, 4) is 0 Å². The summed E-state index contributed by atoms with van der Waals surface area (Å²) in [6.07, 6.45) is -3.93. The summed E-state index contributed by atoms with van der Waals surface area (Å²) in [4.78, 5) is 11.6. The molecular weight excluding hydrogens is 321 g/mol. The molecule has 2 aliphatic rings. The van der Waals surface area contributed by atoms with E-state index in [0.717, 1.165) is 4.68 Å². The number of halogens is 5. The van der Waals surface area contributed by atoms with E-state index >= 15 is 0 Å². The number of aromatic nitrogens is 2. The third-order valence-electron chi connectivity index (χ3n) is 4.46. The Hall–Kier alpha value is -1.67. The Balaban J connectivity index is 2.01. The van der Waals surface area contributed by atoms with Gasteiger partial charge in [0.15, 0.2) is 5.67 Å². The highest BCUT2D eigenvalue weighted by molar-refractivity contribution is 5.93. The Morgan fingerprint density at radius 1 is 1.30 bits per heavy atom. The molecule has 0 aromatic carbocycles. The van der Waals surface area contributed by atoms with Gasteiger partial charge in [-0.25, -0.2) is 22.0 Å². The van der Waals surface area contributed by atoms with Crippen LogP contribution in [0.2, 0.25) is 0 Å². The maximum atomic E-state index is 14.3. The van der Waals surface area contributed by atoms with Gasteiger partial charge in [0.2, 0.25) is 5.92 Å². The lowest BCUT2D eigenvalue weighted by atomic mass is 9.67. The largest absolute Gasteiger partial charge is 0.364 e. The monoisotopic (exact) mass is 337 g/mol. The van der Waals surface area contributed by atoms with Crippen LogP contribution in [0.3, 0.4) is 0 Å². The van der Waals surface area contributed by atoms with Gasteiger partial charge in [0, 0.05) is 19.4 Å². The quantitative estimate of drug-likeness (QED) is 0.838. The molecule has 1 aromatic heterocycles. The van der Waals surface area contributed by atoms with Gasteiger partial charge in [0.05, 0.1) is 5.56 Å². The first-order valence-electron chi connectivity index (χ1n) is 7.22. The van der Waals surface area contributed by atoms with Crippen LogP contribution in [0.5, 0.6) is 0 Å². The molecule has 4 nitrogen and oxygen atoms in total. The highest BCUT2D eigenvalue weighted by Gasteiger charge is 2.55. The van der Waals surface area contributed by atoms with Gasteiger partial charge in [0.25, 0.3) is 12.3 Å². The molecule has 0 atom stereocenters. The smallest absolute Gasteiger partial charge is 0.268 e. The number of nitrogens with zero attached hydrogens (tertiary/aromatic N) is 2. The summed E-state index contributed by atoms with van der Waals surface area (Å²) in [5, 5.41) is 3.82. The van der Waals surface area contributed by atoms with Gasteiger partial charge in [-0.3, -0.25) is 9.48 Å². The second-order valence-electron chi connectivity index (χ2n) is 6.92. The highest BCUT2D eigenvalue weighted by Crippen LogP contribution is 2.54. The number of hydrogen-bond donors (Lipinski definition) is 1. The van der Waals surface area contributed by atoms with Crippen LogP contribution in [-0.4, -0.2) is 21.6 Å². The van der Waals surface area contributed by atoms with Crippen LogP contribution in [-0.2, 0) is 12.2 Å². The third-order valence-corrected chi connectivity index (χ3v) is 4.46. The normalized spacial score (nSPS) is 23.6. The van der Waals surface area contributed by atoms with Crippen molar-refractivity contribution in [2.24, 2.45) is 11.1 Å². The molecule has 0 radical (unpaired) electrons. The molecule has 23 heavy (non-hydrogen) atoms. The van der Waals surface area contributed by atoms with Crippen molar-refractivity contribution in [1.29, 1.82) is 0 Å². The van der Waals surface area contributed by atoms with Crippen molar-refractivity contribution in [2.75, 3.05) is 0 Å². The van der Waals surface area contributed by atoms with E-state index < -0.39 is 59.1 Å². The minimum Gasteiger partial charge on any atom is -0.364 e. The van der Waals surface area contributed by atoms with Gasteiger partial charge in [-0.2, -0.15) is 5.10 Å². The number of amides is 1. The summed E-state index contributed by atoms with van der Waals surface area (Å²) >= 11 is 0. The van der Waals surface area contributed by atoms with Gasteiger partial charge >= 0.3 is 0 Å². The van der Waals surface area contributed by atoms with Crippen molar-refractivity contribution in [1.82, 2.24) is 9.78 Å². The van der Waals surface area contributed by atoms with Gasteiger partial charge in [-0.15, -0.1) is 0 Å². The average Bonchev–Trinajstić information content (AvgIpc) is 2.96. The maximum absolute atomic E-state index is 14.3. The lowest BCUT2D eigenvalue weighted by molar-refractivity contribution is -0.160. The van der Waals surface area contributed by atoms with Crippen LogP contribution in [0.15, 0.2) is 0 Å². The molecule has 0 saturated heterocycles. The Morgan fingerprint density at radius 2 is 1.87 bits per heavy atom. The number of rotatable bonds is 5. The van der Waals surface area contributed by atoms with E-state index in [1.165, 1.54) is 0 Å². The van der Waals surface area contributed by atoms with Crippen molar-refractivity contribution in [3.63, 3.8) is 0 Å². The van der Waals surface area contributed by atoms with Crippen molar-refractivity contribution >= 4 is 5.91 Å². The number of carbonyl (C=O) groups is 1.